The molecule has 0 aliphatic carbocycles. The van der Waals surface area contributed by atoms with Gasteiger partial charge in [0, 0.05) is 48.5 Å². The maximum atomic E-state index is 4.63. The minimum atomic E-state index is -0.131. The lowest BCUT2D eigenvalue weighted by molar-refractivity contribution is 0.626. The summed E-state index contributed by atoms with van der Waals surface area (Å²) in [5.74, 6) is 1.34. The molecule has 0 radical (unpaired) electrons. The highest BCUT2D eigenvalue weighted by Crippen LogP contribution is 2.22. The van der Waals surface area contributed by atoms with E-state index in [4.69, 9.17) is 0 Å². The summed E-state index contributed by atoms with van der Waals surface area (Å²) in [4.78, 5) is 17.5. The van der Waals surface area contributed by atoms with Gasteiger partial charge in [0.25, 0.3) is 0 Å². The molecule has 128 valence electrons. The van der Waals surface area contributed by atoms with Gasteiger partial charge in [-0.3, -0.25) is 9.97 Å². The van der Waals surface area contributed by atoms with Crippen LogP contribution in [0.2, 0.25) is 0 Å². The van der Waals surface area contributed by atoms with E-state index in [0.717, 1.165) is 22.6 Å². The van der Waals surface area contributed by atoms with E-state index in [1.165, 1.54) is 0 Å². The molecule has 0 atom stereocenters. The van der Waals surface area contributed by atoms with Crippen LogP contribution in [0.3, 0.4) is 0 Å². The Balaban J connectivity index is 1.89. The molecule has 0 aliphatic rings. The fraction of sp³-hybridized carbons (Fsp3) is 0.263. The maximum absolute atomic E-state index is 4.63. The number of hydrogen-bond donors (Lipinski definition) is 2. The van der Waals surface area contributed by atoms with Gasteiger partial charge in [-0.25, -0.2) is 4.98 Å². The molecule has 25 heavy (non-hydrogen) atoms. The molecule has 3 rings (SSSR count). The van der Waals surface area contributed by atoms with Gasteiger partial charge in [-0.2, -0.15) is 4.98 Å². The first-order chi connectivity index (χ1) is 12.0. The fourth-order valence-corrected chi connectivity index (χ4v) is 2.29. The Morgan fingerprint density at radius 1 is 0.960 bits per heavy atom. The molecule has 3 aromatic heterocycles. The van der Waals surface area contributed by atoms with Gasteiger partial charge in [-0.15, -0.1) is 0 Å². The van der Waals surface area contributed by atoms with Crippen molar-refractivity contribution in [3.05, 3.63) is 60.7 Å². The number of hydrogen-bond acceptors (Lipinski definition) is 6. The molecule has 0 amide bonds. The zero-order valence-corrected chi connectivity index (χ0v) is 14.7. The molecule has 0 fully saturated rings. The molecular weight excluding hydrogens is 312 g/mol. The van der Waals surface area contributed by atoms with Crippen LogP contribution in [0.25, 0.3) is 11.3 Å². The summed E-state index contributed by atoms with van der Waals surface area (Å²) in [6.45, 7) is 6.88. The van der Waals surface area contributed by atoms with Crippen LogP contribution in [0.4, 0.5) is 11.8 Å². The molecule has 6 nitrogen and oxygen atoms in total. The van der Waals surface area contributed by atoms with Gasteiger partial charge >= 0.3 is 0 Å². The Kier molecular flexibility index (Phi) is 4.88. The molecule has 0 saturated carbocycles. The second-order valence-corrected chi connectivity index (χ2v) is 6.79. The van der Waals surface area contributed by atoms with E-state index < -0.39 is 0 Å². The van der Waals surface area contributed by atoms with Crippen LogP contribution in [0, 0.1) is 0 Å². The monoisotopic (exact) mass is 334 g/mol. The number of pyridine rings is 2. The van der Waals surface area contributed by atoms with Crippen LogP contribution in [0.15, 0.2) is 55.1 Å². The van der Waals surface area contributed by atoms with Gasteiger partial charge in [-0.05, 0) is 44.5 Å². The first-order valence-electron chi connectivity index (χ1n) is 8.20. The molecule has 2 N–H and O–H groups in total. The van der Waals surface area contributed by atoms with E-state index in [2.05, 4.69) is 51.3 Å². The van der Waals surface area contributed by atoms with E-state index in [1.54, 1.807) is 18.6 Å². The third kappa shape index (κ3) is 4.97. The average Bonchev–Trinajstić information content (AvgIpc) is 2.60. The molecule has 0 bridgehead atoms. The first kappa shape index (κ1) is 16.8. The quantitative estimate of drug-likeness (QED) is 0.740. The highest BCUT2D eigenvalue weighted by molar-refractivity contribution is 5.63. The second-order valence-electron chi connectivity index (χ2n) is 6.79. The highest BCUT2D eigenvalue weighted by atomic mass is 15.2. The summed E-state index contributed by atoms with van der Waals surface area (Å²) in [5, 5.41) is 6.68. The number of anilines is 2. The molecule has 3 heterocycles. The highest BCUT2D eigenvalue weighted by Gasteiger charge is 2.14. The topological polar surface area (TPSA) is 75.6 Å². The Labute approximate surface area is 147 Å². The van der Waals surface area contributed by atoms with Crippen molar-refractivity contribution in [3.63, 3.8) is 0 Å². The van der Waals surface area contributed by atoms with Gasteiger partial charge in [-0.1, -0.05) is 6.07 Å². The molecule has 0 aliphatic heterocycles. The van der Waals surface area contributed by atoms with Crippen molar-refractivity contribution >= 4 is 11.8 Å². The minimum Gasteiger partial charge on any atom is -0.366 e. The Bertz CT molecular complexity index is 812. The Hall–Kier alpha value is -3.02. The summed E-state index contributed by atoms with van der Waals surface area (Å²) in [6, 6.07) is 9.77. The molecule has 0 saturated heterocycles. The molecule has 0 aromatic carbocycles. The van der Waals surface area contributed by atoms with Crippen LogP contribution < -0.4 is 10.6 Å². The van der Waals surface area contributed by atoms with E-state index in [-0.39, 0.29) is 5.54 Å². The van der Waals surface area contributed by atoms with Crippen molar-refractivity contribution in [2.45, 2.75) is 32.9 Å². The summed E-state index contributed by atoms with van der Waals surface area (Å²) in [5.41, 5.74) is 2.73. The van der Waals surface area contributed by atoms with E-state index >= 15 is 0 Å². The lowest BCUT2D eigenvalue weighted by Gasteiger charge is -2.21. The van der Waals surface area contributed by atoms with Crippen LogP contribution >= 0.6 is 0 Å². The van der Waals surface area contributed by atoms with Crippen LogP contribution in [0.5, 0.6) is 0 Å². The Morgan fingerprint density at radius 2 is 1.72 bits per heavy atom. The third-order valence-corrected chi connectivity index (χ3v) is 3.37. The number of nitrogens with one attached hydrogen (secondary N) is 2. The lowest BCUT2D eigenvalue weighted by Crippen LogP contribution is -2.27. The predicted octanol–water partition coefficient (Wildman–Crippen LogP) is 3.76. The van der Waals surface area contributed by atoms with Gasteiger partial charge in [0.15, 0.2) is 0 Å². The molecule has 0 unspecified atom stereocenters. The zero-order valence-electron chi connectivity index (χ0n) is 14.7. The minimum absolute atomic E-state index is 0.131. The predicted molar refractivity (Wildman–Crippen MR) is 100 cm³/mol. The van der Waals surface area contributed by atoms with Crippen molar-refractivity contribution in [1.29, 1.82) is 0 Å². The summed E-state index contributed by atoms with van der Waals surface area (Å²) < 4.78 is 0. The summed E-state index contributed by atoms with van der Waals surface area (Å²) in [6.07, 6.45) is 7.15. The first-order valence-corrected chi connectivity index (χ1v) is 8.20. The van der Waals surface area contributed by atoms with Gasteiger partial charge in [0.1, 0.15) is 5.82 Å². The summed E-state index contributed by atoms with van der Waals surface area (Å²) >= 11 is 0. The number of aromatic nitrogens is 4. The van der Waals surface area contributed by atoms with Gasteiger partial charge < -0.3 is 10.6 Å². The molecule has 6 heteroatoms. The number of rotatable bonds is 5. The largest absolute Gasteiger partial charge is 0.366 e. The standard InChI is InChI=1S/C19H22N6/c1-19(2,3)25-18-23-16(15-7-5-9-21-13-15)10-17(24-18)22-12-14-6-4-8-20-11-14/h4-11,13H,12H2,1-3H3,(H2,22,23,24,25). The average molecular weight is 334 g/mol. The van der Waals surface area contributed by atoms with Crippen molar-refractivity contribution in [2.24, 2.45) is 0 Å². The SMILES string of the molecule is CC(C)(C)Nc1nc(NCc2cccnc2)cc(-c2cccnc2)n1. The lowest BCUT2D eigenvalue weighted by atomic mass is 10.1. The number of nitrogens with zero attached hydrogens (tertiary/aromatic N) is 4. The molecule has 3 aromatic rings. The van der Waals surface area contributed by atoms with Crippen molar-refractivity contribution in [2.75, 3.05) is 10.6 Å². The van der Waals surface area contributed by atoms with Gasteiger partial charge in [0.05, 0.1) is 5.69 Å². The van der Waals surface area contributed by atoms with Crippen molar-refractivity contribution in [1.82, 2.24) is 19.9 Å². The Morgan fingerprint density at radius 3 is 2.36 bits per heavy atom. The maximum Gasteiger partial charge on any atom is 0.225 e. The van der Waals surface area contributed by atoms with E-state index in [1.807, 2.05) is 36.5 Å². The van der Waals surface area contributed by atoms with Crippen LogP contribution in [0.1, 0.15) is 26.3 Å². The van der Waals surface area contributed by atoms with Crippen LogP contribution in [-0.4, -0.2) is 25.5 Å². The summed E-state index contributed by atoms with van der Waals surface area (Å²) in [7, 11) is 0. The normalized spacial score (nSPS) is 11.2. The third-order valence-electron chi connectivity index (χ3n) is 3.37. The molecule has 0 spiro atoms. The van der Waals surface area contributed by atoms with E-state index in [0.29, 0.717) is 12.5 Å². The zero-order chi connectivity index (χ0) is 17.7. The van der Waals surface area contributed by atoms with Crippen molar-refractivity contribution < 1.29 is 0 Å². The van der Waals surface area contributed by atoms with Crippen LogP contribution in [-0.2, 0) is 6.54 Å². The van der Waals surface area contributed by atoms with Gasteiger partial charge in [0.2, 0.25) is 5.95 Å². The molecular formula is C19H22N6. The fourth-order valence-electron chi connectivity index (χ4n) is 2.29. The van der Waals surface area contributed by atoms with E-state index in [9.17, 15) is 0 Å². The van der Waals surface area contributed by atoms with Crippen molar-refractivity contribution in [3.8, 4) is 11.3 Å². The second kappa shape index (κ2) is 7.25. The smallest absolute Gasteiger partial charge is 0.225 e.